The van der Waals surface area contributed by atoms with Crippen LogP contribution in [0.4, 0.5) is 0 Å². The number of nitrogens with zero attached hydrogens (tertiary/aromatic N) is 3. The molecule has 0 radical (unpaired) electrons. The van der Waals surface area contributed by atoms with Gasteiger partial charge in [0.2, 0.25) is 5.91 Å². The predicted octanol–water partition coefficient (Wildman–Crippen LogP) is 3.46. The predicted molar refractivity (Wildman–Crippen MR) is 156 cm³/mol. The SMILES string of the molecule is C/C(=C\c1csc(C)n1)[C@@H]1C[C@H]2[C@@H](CCC[C@H](C)C(O)[C@@H](C)C(=O)C(C)(C)[C@@H](O)CC(=O)O1)N2C(=O)CN(C)C. The Morgan fingerprint density at radius 1 is 1.23 bits per heavy atom. The van der Waals surface area contributed by atoms with Crippen LogP contribution in [0, 0.1) is 24.2 Å². The van der Waals surface area contributed by atoms with Gasteiger partial charge >= 0.3 is 5.97 Å². The molecule has 0 spiro atoms. The molecule has 3 rings (SSSR count). The van der Waals surface area contributed by atoms with Crippen molar-refractivity contribution in [3.05, 3.63) is 21.7 Å². The minimum Gasteiger partial charge on any atom is -0.458 e. The quantitative estimate of drug-likeness (QED) is 0.413. The first kappa shape index (κ1) is 32.4. The van der Waals surface area contributed by atoms with Gasteiger partial charge in [0.1, 0.15) is 11.9 Å². The zero-order valence-corrected chi connectivity index (χ0v) is 26.0. The molecule has 40 heavy (non-hydrogen) atoms. The Bertz CT molecular complexity index is 1100. The number of ether oxygens (including phenoxy) is 1. The number of hydrogen-bond acceptors (Lipinski definition) is 9. The molecule has 1 amide bonds. The summed E-state index contributed by atoms with van der Waals surface area (Å²) in [6.45, 7) is 11.0. The average Bonchev–Trinajstić information content (AvgIpc) is 3.39. The van der Waals surface area contributed by atoms with Crippen molar-refractivity contribution >= 4 is 35.1 Å². The van der Waals surface area contributed by atoms with E-state index in [1.54, 1.807) is 20.8 Å². The summed E-state index contributed by atoms with van der Waals surface area (Å²) >= 11 is 1.54. The van der Waals surface area contributed by atoms with Gasteiger partial charge in [-0.1, -0.05) is 34.1 Å². The third-order valence-electron chi connectivity index (χ3n) is 8.55. The molecule has 0 bridgehead atoms. The first-order chi connectivity index (χ1) is 18.6. The van der Waals surface area contributed by atoms with E-state index in [1.807, 2.05) is 56.1 Å². The highest BCUT2D eigenvalue weighted by Crippen LogP contribution is 2.39. The van der Waals surface area contributed by atoms with E-state index in [-0.39, 0.29) is 36.1 Å². The third kappa shape index (κ3) is 7.78. The highest BCUT2D eigenvalue weighted by atomic mass is 32.1. The lowest BCUT2D eigenvalue weighted by Crippen LogP contribution is -2.45. The Hall–Kier alpha value is -2.14. The number of Topliss-reactive ketones (excluding diaryl/α,β-unsaturated/α-hetero) is 1. The molecular weight excluding hydrogens is 530 g/mol. The molecule has 2 fully saturated rings. The Morgan fingerprint density at radius 3 is 2.50 bits per heavy atom. The maximum absolute atomic E-state index is 13.3. The van der Waals surface area contributed by atoms with E-state index in [4.69, 9.17) is 4.74 Å². The number of aromatic nitrogens is 1. The van der Waals surface area contributed by atoms with E-state index in [0.717, 1.165) is 29.1 Å². The van der Waals surface area contributed by atoms with Crippen molar-refractivity contribution < 1.29 is 29.3 Å². The summed E-state index contributed by atoms with van der Waals surface area (Å²) in [7, 11) is 3.72. The number of aryl methyl sites for hydroxylation is 1. The van der Waals surface area contributed by atoms with Gasteiger partial charge in [0.25, 0.3) is 0 Å². The van der Waals surface area contributed by atoms with Crippen LogP contribution in [0.2, 0.25) is 0 Å². The van der Waals surface area contributed by atoms with Crippen LogP contribution in [0.5, 0.6) is 0 Å². The summed E-state index contributed by atoms with van der Waals surface area (Å²) < 4.78 is 5.96. The number of likely N-dealkylation sites (N-methyl/N-ethyl adjacent to an activating group) is 1. The Kier molecular flexibility index (Phi) is 10.7. The number of aliphatic hydroxyl groups excluding tert-OH is 2. The number of hydrogen-bond donors (Lipinski definition) is 2. The second kappa shape index (κ2) is 13.2. The molecule has 1 unspecified atom stereocenters. The van der Waals surface area contributed by atoms with E-state index in [9.17, 15) is 24.6 Å². The summed E-state index contributed by atoms with van der Waals surface area (Å²) in [5.41, 5.74) is 0.344. The fourth-order valence-electron chi connectivity index (χ4n) is 5.82. The highest BCUT2D eigenvalue weighted by Gasteiger charge is 2.51. The Balaban J connectivity index is 1.93. The molecule has 9 nitrogen and oxygen atoms in total. The molecule has 1 aromatic rings. The Morgan fingerprint density at radius 2 is 1.90 bits per heavy atom. The van der Waals surface area contributed by atoms with Crippen LogP contribution in [0.25, 0.3) is 6.08 Å². The minimum atomic E-state index is -1.27. The van der Waals surface area contributed by atoms with Gasteiger partial charge in [0, 0.05) is 17.7 Å². The van der Waals surface area contributed by atoms with Crippen molar-refractivity contribution in [2.75, 3.05) is 20.6 Å². The average molecular weight is 578 g/mol. The molecule has 0 aliphatic carbocycles. The van der Waals surface area contributed by atoms with Gasteiger partial charge in [-0.05, 0) is 58.4 Å². The number of aliphatic hydroxyl groups is 2. The standard InChI is InChI=1S/C30H47N3O6S/c1-17-10-9-11-22-23(33(22)26(35)15-32(7)8)13-24(18(2)12-21-16-40-20(4)31-21)39-27(36)14-25(34)30(5,6)29(38)19(3)28(17)37/h12,16-17,19,22-25,28,34,37H,9-11,13-15H2,1-8H3/b18-12+/t17-,19+,22+,23-,24-,25-,28?,33?/m0/s1. The number of esters is 1. The smallest absolute Gasteiger partial charge is 0.309 e. The topological polar surface area (TPSA) is 120 Å². The van der Waals surface area contributed by atoms with Crippen molar-refractivity contribution in [2.45, 2.75) is 104 Å². The van der Waals surface area contributed by atoms with E-state index in [0.29, 0.717) is 19.4 Å². The molecule has 7 atom stereocenters. The lowest BCUT2D eigenvalue weighted by atomic mass is 9.73. The first-order valence-electron chi connectivity index (χ1n) is 14.3. The van der Waals surface area contributed by atoms with E-state index in [1.165, 1.54) is 11.3 Å². The van der Waals surface area contributed by atoms with Gasteiger partial charge in [-0.2, -0.15) is 0 Å². The largest absolute Gasteiger partial charge is 0.458 e. The van der Waals surface area contributed by atoms with Gasteiger partial charge in [-0.25, -0.2) is 4.98 Å². The summed E-state index contributed by atoms with van der Waals surface area (Å²) in [5, 5.41) is 24.8. The van der Waals surface area contributed by atoms with Crippen molar-refractivity contribution in [1.29, 1.82) is 0 Å². The maximum Gasteiger partial charge on any atom is 0.309 e. The monoisotopic (exact) mass is 577 g/mol. The molecule has 2 saturated heterocycles. The maximum atomic E-state index is 13.3. The van der Waals surface area contributed by atoms with Gasteiger partial charge in [-0.3, -0.25) is 14.4 Å². The fraction of sp³-hybridized carbons (Fsp3) is 0.733. The van der Waals surface area contributed by atoms with Gasteiger partial charge < -0.3 is 24.7 Å². The van der Waals surface area contributed by atoms with Gasteiger partial charge in [-0.15, -0.1) is 11.3 Å². The third-order valence-corrected chi connectivity index (χ3v) is 9.35. The number of cyclic esters (lactones) is 1. The number of carbonyl (C=O) groups is 3. The van der Waals surface area contributed by atoms with E-state index in [2.05, 4.69) is 4.98 Å². The second-order valence-electron chi connectivity index (χ2n) is 12.6. The molecule has 2 aliphatic heterocycles. The molecule has 3 heterocycles. The molecule has 0 saturated carbocycles. The zero-order chi connectivity index (χ0) is 29.9. The number of rotatable bonds is 4. The van der Waals surface area contributed by atoms with Crippen LogP contribution in [0.3, 0.4) is 0 Å². The molecule has 224 valence electrons. The Labute approximate surface area is 242 Å². The minimum absolute atomic E-state index is 0.0174. The van der Waals surface area contributed by atoms with Crippen LogP contribution in [-0.4, -0.2) is 93.7 Å². The molecule has 2 aliphatic rings. The molecule has 2 N–H and O–H groups in total. The molecular formula is C30H47N3O6S. The van der Waals surface area contributed by atoms with Crippen LogP contribution in [-0.2, 0) is 19.1 Å². The lowest BCUT2D eigenvalue weighted by molar-refractivity contribution is -0.154. The van der Waals surface area contributed by atoms with Crippen LogP contribution in [0.1, 0.15) is 77.4 Å². The molecule has 0 aromatic carbocycles. The van der Waals surface area contributed by atoms with Crippen LogP contribution in [0.15, 0.2) is 11.0 Å². The zero-order valence-electron chi connectivity index (χ0n) is 25.2. The lowest BCUT2D eigenvalue weighted by Gasteiger charge is -2.34. The molecule has 10 heteroatoms. The summed E-state index contributed by atoms with van der Waals surface area (Å²) in [5.74, 6) is -1.70. The summed E-state index contributed by atoms with van der Waals surface area (Å²) in [6.07, 6.45) is 1.49. The first-order valence-corrected chi connectivity index (χ1v) is 15.2. The van der Waals surface area contributed by atoms with Crippen molar-refractivity contribution in [3.63, 3.8) is 0 Å². The number of amides is 1. The van der Waals surface area contributed by atoms with Gasteiger partial charge in [0.15, 0.2) is 0 Å². The number of ketones is 1. The number of fused-ring (bicyclic) bond motifs is 1. The van der Waals surface area contributed by atoms with Crippen LogP contribution < -0.4 is 0 Å². The van der Waals surface area contributed by atoms with Gasteiger partial charge in [0.05, 0.1) is 53.4 Å². The number of carbonyl (C=O) groups excluding carboxylic acids is 3. The van der Waals surface area contributed by atoms with E-state index >= 15 is 0 Å². The van der Waals surface area contributed by atoms with Crippen LogP contribution >= 0.6 is 11.3 Å². The summed E-state index contributed by atoms with van der Waals surface area (Å²) in [4.78, 5) is 47.8. The molecule has 1 aromatic heterocycles. The van der Waals surface area contributed by atoms with Crippen molar-refractivity contribution in [2.24, 2.45) is 17.3 Å². The highest BCUT2D eigenvalue weighted by molar-refractivity contribution is 7.09. The van der Waals surface area contributed by atoms with Crippen molar-refractivity contribution in [1.82, 2.24) is 14.8 Å². The van der Waals surface area contributed by atoms with E-state index < -0.39 is 35.6 Å². The van der Waals surface area contributed by atoms with Crippen molar-refractivity contribution in [3.8, 4) is 0 Å². The second-order valence-corrected chi connectivity index (χ2v) is 13.6. The fourth-order valence-corrected chi connectivity index (χ4v) is 6.39. The summed E-state index contributed by atoms with van der Waals surface area (Å²) in [6, 6.07) is -0.0652. The number of thiazole rings is 1. The normalized spacial score (nSPS) is 32.5.